The van der Waals surface area contributed by atoms with E-state index < -0.39 is 11.2 Å². The molecular weight excluding hydrogens is 284 g/mol. The van der Waals surface area contributed by atoms with Gasteiger partial charge in [0.05, 0.1) is 6.21 Å². The van der Waals surface area contributed by atoms with Crippen molar-refractivity contribution in [2.75, 3.05) is 5.43 Å². The van der Waals surface area contributed by atoms with Gasteiger partial charge < -0.3 is 4.57 Å². The van der Waals surface area contributed by atoms with Crippen LogP contribution >= 0.6 is 0 Å². The van der Waals surface area contributed by atoms with Crippen molar-refractivity contribution in [3.8, 4) is 0 Å². The molecule has 0 fully saturated rings. The minimum Gasteiger partial charge on any atom is -0.306 e. The molecule has 112 valence electrons. The first-order valence-electron chi connectivity index (χ1n) is 6.58. The van der Waals surface area contributed by atoms with E-state index in [4.69, 9.17) is 0 Å². The molecule has 8 heteroatoms. The van der Waals surface area contributed by atoms with E-state index in [9.17, 15) is 9.59 Å². The number of nitrogens with one attached hydrogen (secondary N) is 2. The number of hydrogen-bond acceptors (Lipinski definition) is 5. The Hall–Kier alpha value is -3.16. The van der Waals surface area contributed by atoms with Gasteiger partial charge in [-0.2, -0.15) is 10.1 Å². The molecule has 0 saturated heterocycles. The average molecular weight is 298 g/mol. The second-order valence-electron chi connectivity index (χ2n) is 4.77. The minimum atomic E-state index is -0.505. The van der Waals surface area contributed by atoms with Gasteiger partial charge in [-0.1, -0.05) is 30.3 Å². The first-order valence-corrected chi connectivity index (χ1v) is 6.58. The van der Waals surface area contributed by atoms with Gasteiger partial charge in [0.1, 0.15) is 0 Å². The van der Waals surface area contributed by atoms with Crippen LogP contribution in [0.4, 0.5) is 5.95 Å². The van der Waals surface area contributed by atoms with Crippen LogP contribution in [0, 0.1) is 0 Å². The molecule has 2 heterocycles. The van der Waals surface area contributed by atoms with Gasteiger partial charge in [-0.25, -0.2) is 10.2 Å². The summed E-state index contributed by atoms with van der Waals surface area (Å²) >= 11 is 0. The molecule has 0 amide bonds. The van der Waals surface area contributed by atoms with Crippen molar-refractivity contribution in [3.63, 3.8) is 0 Å². The van der Waals surface area contributed by atoms with E-state index in [0.29, 0.717) is 17.1 Å². The lowest BCUT2D eigenvalue weighted by molar-refractivity contribution is 0.829. The highest BCUT2D eigenvalue weighted by molar-refractivity contribution is 5.80. The van der Waals surface area contributed by atoms with Crippen molar-refractivity contribution in [2.24, 2.45) is 19.2 Å². The SMILES string of the molecule is Cn1c(NN=Cc2ccccc2)nc2c1c(=O)[nH]c(=O)n2C. The zero-order valence-corrected chi connectivity index (χ0v) is 12.1. The number of anilines is 1. The third-order valence-corrected chi connectivity index (χ3v) is 3.31. The van der Waals surface area contributed by atoms with Gasteiger partial charge in [0.25, 0.3) is 5.56 Å². The molecule has 3 aromatic rings. The topological polar surface area (TPSA) is 97.1 Å². The van der Waals surface area contributed by atoms with E-state index in [1.807, 2.05) is 30.3 Å². The lowest BCUT2D eigenvalue weighted by Gasteiger charge is -2.00. The summed E-state index contributed by atoms with van der Waals surface area (Å²) in [5, 5.41) is 4.09. The summed E-state index contributed by atoms with van der Waals surface area (Å²) in [6, 6.07) is 9.56. The normalized spacial score (nSPS) is 11.4. The third-order valence-electron chi connectivity index (χ3n) is 3.31. The molecule has 0 aliphatic rings. The fourth-order valence-electron chi connectivity index (χ4n) is 2.11. The predicted molar refractivity (Wildman–Crippen MR) is 84.2 cm³/mol. The fourth-order valence-corrected chi connectivity index (χ4v) is 2.11. The Kier molecular flexibility index (Phi) is 3.34. The van der Waals surface area contributed by atoms with Crippen LogP contribution in [-0.4, -0.2) is 25.3 Å². The molecule has 0 saturated carbocycles. The van der Waals surface area contributed by atoms with Crippen LogP contribution in [0.15, 0.2) is 45.0 Å². The number of aryl methyl sites for hydroxylation is 2. The molecule has 0 aliphatic heterocycles. The maximum Gasteiger partial charge on any atom is 0.329 e. The molecule has 2 N–H and O–H groups in total. The summed E-state index contributed by atoms with van der Waals surface area (Å²) in [6.45, 7) is 0. The van der Waals surface area contributed by atoms with Crippen molar-refractivity contribution in [3.05, 3.63) is 56.7 Å². The van der Waals surface area contributed by atoms with Crippen LogP contribution in [-0.2, 0) is 14.1 Å². The fraction of sp³-hybridized carbons (Fsp3) is 0.143. The van der Waals surface area contributed by atoms with E-state index in [2.05, 4.69) is 20.5 Å². The van der Waals surface area contributed by atoms with Crippen LogP contribution in [0.2, 0.25) is 0 Å². The van der Waals surface area contributed by atoms with Gasteiger partial charge in [-0.15, -0.1) is 0 Å². The molecule has 3 rings (SSSR count). The van der Waals surface area contributed by atoms with Crippen molar-refractivity contribution in [1.82, 2.24) is 19.1 Å². The van der Waals surface area contributed by atoms with E-state index in [1.165, 1.54) is 4.57 Å². The summed E-state index contributed by atoms with van der Waals surface area (Å²) in [6.07, 6.45) is 1.64. The highest BCUT2D eigenvalue weighted by Gasteiger charge is 2.14. The summed E-state index contributed by atoms with van der Waals surface area (Å²) in [4.78, 5) is 30.0. The molecule has 0 radical (unpaired) electrons. The summed E-state index contributed by atoms with van der Waals surface area (Å²) in [5.41, 5.74) is 3.33. The van der Waals surface area contributed by atoms with Crippen LogP contribution in [0.3, 0.4) is 0 Å². The maximum atomic E-state index is 11.9. The Bertz CT molecular complexity index is 965. The van der Waals surface area contributed by atoms with E-state index in [0.717, 1.165) is 5.56 Å². The second kappa shape index (κ2) is 5.32. The number of H-pyrrole nitrogens is 1. The van der Waals surface area contributed by atoms with Crippen molar-refractivity contribution >= 4 is 23.3 Å². The third kappa shape index (κ3) is 2.30. The molecular formula is C14H14N6O2. The van der Waals surface area contributed by atoms with Crippen molar-refractivity contribution < 1.29 is 0 Å². The number of imidazole rings is 1. The van der Waals surface area contributed by atoms with Crippen LogP contribution in [0.25, 0.3) is 11.2 Å². The number of hydrazone groups is 1. The first kappa shape index (κ1) is 13.8. The Balaban J connectivity index is 1.99. The lowest BCUT2D eigenvalue weighted by atomic mass is 10.2. The Morgan fingerprint density at radius 3 is 2.64 bits per heavy atom. The smallest absolute Gasteiger partial charge is 0.306 e. The first-order chi connectivity index (χ1) is 10.6. The van der Waals surface area contributed by atoms with Crippen LogP contribution in [0.5, 0.6) is 0 Å². The number of fused-ring (bicyclic) bond motifs is 1. The largest absolute Gasteiger partial charge is 0.329 e. The van der Waals surface area contributed by atoms with Gasteiger partial charge in [-0.05, 0) is 5.56 Å². The Labute approximate surface area is 124 Å². The van der Waals surface area contributed by atoms with Crippen molar-refractivity contribution in [1.29, 1.82) is 0 Å². The second-order valence-corrected chi connectivity index (χ2v) is 4.77. The molecule has 0 spiro atoms. The number of rotatable bonds is 3. The molecule has 0 bridgehead atoms. The molecule has 8 nitrogen and oxygen atoms in total. The summed E-state index contributed by atoms with van der Waals surface area (Å²) in [7, 11) is 3.22. The van der Waals surface area contributed by atoms with Gasteiger partial charge in [-0.3, -0.25) is 14.3 Å². The highest BCUT2D eigenvalue weighted by Crippen LogP contribution is 2.12. The molecule has 0 aliphatic carbocycles. The molecule has 1 aromatic carbocycles. The van der Waals surface area contributed by atoms with Gasteiger partial charge >= 0.3 is 5.69 Å². The quantitative estimate of drug-likeness (QED) is 0.540. The Morgan fingerprint density at radius 1 is 1.18 bits per heavy atom. The van der Waals surface area contributed by atoms with Gasteiger partial charge in [0.2, 0.25) is 5.95 Å². The van der Waals surface area contributed by atoms with Crippen LogP contribution < -0.4 is 16.7 Å². The molecule has 2 aromatic heterocycles. The zero-order valence-electron chi connectivity index (χ0n) is 12.1. The van der Waals surface area contributed by atoms with E-state index in [1.54, 1.807) is 24.9 Å². The molecule has 0 atom stereocenters. The molecule has 0 unspecified atom stereocenters. The van der Waals surface area contributed by atoms with Crippen LogP contribution in [0.1, 0.15) is 5.56 Å². The van der Waals surface area contributed by atoms with Gasteiger partial charge in [0.15, 0.2) is 11.2 Å². The predicted octanol–water partition coefficient (Wildman–Crippen LogP) is 0.406. The zero-order chi connectivity index (χ0) is 15.7. The average Bonchev–Trinajstić information content (AvgIpc) is 2.84. The highest BCUT2D eigenvalue weighted by atomic mass is 16.2. The summed E-state index contributed by atoms with van der Waals surface area (Å²) in [5.74, 6) is 0.369. The number of aromatic amines is 1. The monoisotopic (exact) mass is 298 g/mol. The number of nitrogens with zero attached hydrogens (tertiary/aromatic N) is 4. The van der Waals surface area contributed by atoms with E-state index >= 15 is 0 Å². The number of hydrogen-bond donors (Lipinski definition) is 2. The molecule has 22 heavy (non-hydrogen) atoms. The minimum absolute atomic E-state index is 0.300. The lowest BCUT2D eigenvalue weighted by Crippen LogP contribution is -2.29. The van der Waals surface area contributed by atoms with Gasteiger partial charge in [0, 0.05) is 14.1 Å². The Morgan fingerprint density at radius 2 is 1.91 bits per heavy atom. The van der Waals surface area contributed by atoms with E-state index in [-0.39, 0.29) is 0 Å². The number of benzene rings is 1. The maximum absolute atomic E-state index is 11.9. The summed E-state index contributed by atoms with van der Waals surface area (Å²) < 4.78 is 2.83. The number of aromatic nitrogens is 4. The van der Waals surface area contributed by atoms with Crippen molar-refractivity contribution in [2.45, 2.75) is 0 Å². The standard InChI is InChI=1S/C14H14N6O2/c1-19-10-11(20(2)14(22)17-12(10)21)16-13(19)18-15-8-9-6-4-3-5-7-9/h3-8H,1-2H3,(H,16,18)(H,17,21,22).